The van der Waals surface area contributed by atoms with E-state index >= 15 is 0 Å². The highest BCUT2D eigenvalue weighted by Crippen LogP contribution is 2.25. The van der Waals surface area contributed by atoms with Gasteiger partial charge in [0.05, 0.1) is 11.1 Å². The summed E-state index contributed by atoms with van der Waals surface area (Å²) in [5.74, 6) is -0.476. The molecule has 0 aromatic heterocycles. The Morgan fingerprint density at radius 2 is 1.80 bits per heavy atom. The third-order valence-electron chi connectivity index (χ3n) is 3.77. The Balaban J connectivity index is 2.17. The second kappa shape index (κ2) is 7.74. The lowest BCUT2D eigenvalue weighted by Crippen LogP contribution is -2.41. The van der Waals surface area contributed by atoms with E-state index in [1.54, 1.807) is 6.07 Å². The third kappa shape index (κ3) is 4.73. The average Bonchev–Trinajstić information content (AvgIpc) is 2.53. The van der Waals surface area contributed by atoms with Crippen molar-refractivity contribution >= 4 is 44.8 Å². The van der Waals surface area contributed by atoms with Crippen molar-refractivity contribution in [3.63, 3.8) is 0 Å². The van der Waals surface area contributed by atoms with Crippen molar-refractivity contribution in [1.82, 2.24) is 4.72 Å². The monoisotopic (exact) mass is 400 g/mol. The van der Waals surface area contributed by atoms with Crippen molar-refractivity contribution in [2.75, 3.05) is 5.32 Å². The zero-order valence-electron chi connectivity index (χ0n) is 13.9. The second-order valence-corrected chi connectivity index (χ2v) is 8.18. The van der Waals surface area contributed by atoms with Gasteiger partial charge in [-0.3, -0.25) is 4.79 Å². The molecule has 1 amide bonds. The molecule has 2 rings (SSSR count). The van der Waals surface area contributed by atoms with Gasteiger partial charge in [0.15, 0.2) is 0 Å². The molecular formula is C17H18Cl2N2O3S. The number of amides is 1. The minimum absolute atomic E-state index is 0.0269. The quantitative estimate of drug-likeness (QED) is 0.798. The van der Waals surface area contributed by atoms with Gasteiger partial charge in [0.25, 0.3) is 0 Å². The van der Waals surface area contributed by atoms with Crippen molar-refractivity contribution in [3.8, 4) is 0 Å². The summed E-state index contributed by atoms with van der Waals surface area (Å²) < 4.78 is 27.2. The van der Waals surface area contributed by atoms with Crippen LogP contribution in [0.1, 0.15) is 18.1 Å². The predicted molar refractivity (Wildman–Crippen MR) is 101 cm³/mol. The average molecular weight is 401 g/mol. The van der Waals surface area contributed by atoms with Gasteiger partial charge < -0.3 is 5.32 Å². The van der Waals surface area contributed by atoms with Crippen molar-refractivity contribution in [2.24, 2.45) is 0 Å². The Bertz CT molecular complexity index is 914. The van der Waals surface area contributed by atoms with Gasteiger partial charge in [-0.1, -0.05) is 35.3 Å². The molecule has 2 N–H and O–H groups in total. The Hall–Kier alpha value is -1.60. The molecule has 2 aromatic carbocycles. The van der Waals surface area contributed by atoms with Crippen LogP contribution in [0.5, 0.6) is 0 Å². The molecule has 0 aliphatic carbocycles. The van der Waals surface area contributed by atoms with Gasteiger partial charge in [-0.2, -0.15) is 4.72 Å². The van der Waals surface area contributed by atoms with Crippen LogP contribution in [-0.2, 0) is 14.8 Å². The smallest absolute Gasteiger partial charge is 0.242 e. The lowest BCUT2D eigenvalue weighted by Gasteiger charge is -2.16. The summed E-state index contributed by atoms with van der Waals surface area (Å²) in [6, 6.07) is 8.62. The van der Waals surface area contributed by atoms with Crippen LogP contribution < -0.4 is 10.0 Å². The van der Waals surface area contributed by atoms with E-state index in [9.17, 15) is 13.2 Å². The molecule has 0 heterocycles. The maximum Gasteiger partial charge on any atom is 0.242 e. The molecular weight excluding hydrogens is 383 g/mol. The molecule has 0 saturated heterocycles. The largest absolute Gasteiger partial charge is 0.324 e. The first kappa shape index (κ1) is 19.7. The lowest BCUT2D eigenvalue weighted by atomic mass is 10.1. The highest BCUT2D eigenvalue weighted by Gasteiger charge is 2.24. The fraction of sp³-hybridized carbons (Fsp3) is 0.235. The van der Waals surface area contributed by atoms with Crippen LogP contribution >= 0.6 is 23.2 Å². The first-order chi connectivity index (χ1) is 11.6. The number of hydrogen-bond donors (Lipinski definition) is 2. The molecule has 2 aromatic rings. The van der Waals surface area contributed by atoms with Gasteiger partial charge in [0, 0.05) is 10.7 Å². The van der Waals surface area contributed by atoms with Crippen LogP contribution in [0.3, 0.4) is 0 Å². The maximum absolute atomic E-state index is 12.5. The van der Waals surface area contributed by atoms with E-state index in [4.69, 9.17) is 23.2 Å². The zero-order valence-corrected chi connectivity index (χ0v) is 16.3. The van der Waals surface area contributed by atoms with E-state index < -0.39 is 22.0 Å². The normalized spacial score (nSPS) is 12.7. The maximum atomic E-state index is 12.5. The number of anilines is 1. The summed E-state index contributed by atoms with van der Waals surface area (Å²) in [5, 5.41) is 2.99. The highest BCUT2D eigenvalue weighted by molar-refractivity contribution is 7.89. The van der Waals surface area contributed by atoms with E-state index in [-0.39, 0.29) is 14.9 Å². The van der Waals surface area contributed by atoms with E-state index in [1.165, 1.54) is 25.1 Å². The van der Waals surface area contributed by atoms with Crippen LogP contribution in [0, 0.1) is 13.8 Å². The van der Waals surface area contributed by atoms with Crippen LogP contribution in [0.2, 0.25) is 10.0 Å². The van der Waals surface area contributed by atoms with Gasteiger partial charge in [-0.15, -0.1) is 0 Å². The summed E-state index contributed by atoms with van der Waals surface area (Å²) in [6.45, 7) is 5.26. The number of nitrogens with one attached hydrogen (secondary N) is 2. The first-order valence-electron chi connectivity index (χ1n) is 7.46. The Morgan fingerprint density at radius 1 is 1.12 bits per heavy atom. The molecule has 1 atom stereocenters. The summed E-state index contributed by atoms with van der Waals surface area (Å²) >= 11 is 11.8. The standard InChI is InChI=1S/C17H18Cl2N2O3S/c1-10-5-4-6-15(11(10)2)20-17(22)12(3)21-25(23,24)16-9-13(18)7-8-14(16)19/h4-9,12,21H,1-3H3,(H,20,22)/t12-/m1/s1. The Morgan fingerprint density at radius 3 is 2.48 bits per heavy atom. The number of aryl methyl sites for hydroxylation is 1. The Kier molecular flexibility index (Phi) is 6.11. The highest BCUT2D eigenvalue weighted by atomic mass is 35.5. The molecule has 0 aliphatic rings. The van der Waals surface area contributed by atoms with Gasteiger partial charge in [-0.05, 0) is 56.2 Å². The topological polar surface area (TPSA) is 75.3 Å². The van der Waals surface area contributed by atoms with Gasteiger partial charge in [-0.25, -0.2) is 8.42 Å². The van der Waals surface area contributed by atoms with Crippen molar-refractivity contribution in [3.05, 3.63) is 57.6 Å². The second-order valence-electron chi connectivity index (χ2n) is 5.65. The molecule has 0 spiro atoms. The molecule has 134 valence electrons. The Labute approximate surface area is 157 Å². The molecule has 0 saturated carbocycles. The molecule has 5 nitrogen and oxygen atoms in total. The lowest BCUT2D eigenvalue weighted by molar-refractivity contribution is -0.117. The fourth-order valence-electron chi connectivity index (χ4n) is 2.16. The number of hydrogen-bond acceptors (Lipinski definition) is 3. The molecule has 25 heavy (non-hydrogen) atoms. The van der Waals surface area contributed by atoms with Gasteiger partial charge in [0.2, 0.25) is 15.9 Å². The summed E-state index contributed by atoms with van der Waals surface area (Å²) in [5.41, 5.74) is 2.58. The number of halogens is 2. The predicted octanol–water partition coefficient (Wildman–Crippen LogP) is 3.92. The summed E-state index contributed by atoms with van der Waals surface area (Å²) in [7, 11) is -4.00. The van der Waals surface area contributed by atoms with E-state index in [0.29, 0.717) is 5.69 Å². The van der Waals surface area contributed by atoms with Crippen molar-refractivity contribution < 1.29 is 13.2 Å². The number of rotatable bonds is 5. The summed E-state index contributed by atoms with van der Waals surface area (Å²) in [6.07, 6.45) is 0. The summed E-state index contributed by atoms with van der Waals surface area (Å²) in [4.78, 5) is 12.2. The fourth-order valence-corrected chi connectivity index (χ4v) is 4.13. The van der Waals surface area contributed by atoms with Gasteiger partial charge in [0.1, 0.15) is 4.90 Å². The SMILES string of the molecule is Cc1cccc(NC(=O)[C@@H](C)NS(=O)(=O)c2cc(Cl)ccc2Cl)c1C. The molecule has 0 bridgehead atoms. The molecule has 0 unspecified atom stereocenters. The van der Waals surface area contributed by atoms with Gasteiger partial charge >= 0.3 is 0 Å². The molecule has 0 radical (unpaired) electrons. The van der Waals surface area contributed by atoms with E-state index in [0.717, 1.165) is 11.1 Å². The van der Waals surface area contributed by atoms with Crippen LogP contribution in [0.4, 0.5) is 5.69 Å². The van der Waals surface area contributed by atoms with E-state index in [1.807, 2.05) is 26.0 Å². The number of benzene rings is 2. The number of sulfonamides is 1. The number of carbonyl (C=O) groups excluding carboxylic acids is 1. The van der Waals surface area contributed by atoms with Crippen molar-refractivity contribution in [1.29, 1.82) is 0 Å². The zero-order chi connectivity index (χ0) is 18.8. The van der Waals surface area contributed by atoms with Crippen LogP contribution in [0.25, 0.3) is 0 Å². The molecule has 0 aliphatic heterocycles. The molecule has 0 fully saturated rings. The minimum Gasteiger partial charge on any atom is -0.324 e. The van der Waals surface area contributed by atoms with E-state index in [2.05, 4.69) is 10.0 Å². The first-order valence-corrected chi connectivity index (χ1v) is 9.70. The molecule has 8 heteroatoms. The van der Waals surface area contributed by atoms with Crippen LogP contribution in [0.15, 0.2) is 41.3 Å². The third-order valence-corrected chi connectivity index (χ3v) is 6.03. The number of carbonyl (C=O) groups is 1. The van der Waals surface area contributed by atoms with Crippen molar-refractivity contribution in [2.45, 2.75) is 31.7 Å². The van der Waals surface area contributed by atoms with Crippen LogP contribution in [-0.4, -0.2) is 20.4 Å². The minimum atomic E-state index is -4.00.